The molecule has 0 aliphatic carbocycles. The topological polar surface area (TPSA) is 89.1 Å². The third-order valence-electron chi connectivity index (χ3n) is 7.31. The third kappa shape index (κ3) is 7.00. The number of benzene rings is 3. The van der Waals surface area contributed by atoms with Gasteiger partial charge in [0, 0.05) is 57.2 Å². The predicted molar refractivity (Wildman–Crippen MR) is 163 cm³/mol. The second-order valence-electron chi connectivity index (χ2n) is 10.2. The zero-order valence-corrected chi connectivity index (χ0v) is 24.6. The maximum Gasteiger partial charge on any atom is 0.251 e. The van der Waals surface area contributed by atoms with Gasteiger partial charge >= 0.3 is 0 Å². The summed E-state index contributed by atoms with van der Waals surface area (Å²) in [6.45, 7) is 3.84. The first-order chi connectivity index (χ1) is 21.1. The van der Waals surface area contributed by atoms with Crippen molar-refractivity contribution in [2.75, 3.05) is 49.9 Å². The second kappa shape index (κ2) is 13.3. The van der Waals surface area contributed by atoms with E-state index in [1.807, 2.05) is 60.7 Å². The number of carbonyl (C=O) groups is 1. The van der Waals surface area contributed by atoms with E-state index in [0.717, 1.165) is 41.5 Å². The molecule has 0 radical (unpaired) electrons. The molecule has 1 amide bonds. The molecular weight excluding hydrogens is 569 g/mol. The number of piperazine rings is 1. The Balaban J connectivity index is 1.05. The first-order valence-corrected chi connectivity index (χ1v) is 15.0. The molecule has 1 N–H and O–H groups in total. The van der Waals surface area contributed by atoms with Gasteiger partial charge in [0.05, 0.1) is 18.0 Å². The van der Waals surface area contributed by atoms with Crippen molar-refractivity contribution in [3.63, 3.8) is 0 Å². The smallest absolute Gasteiger partial charge is 0.251 e. The Morgan fingerprint density at radius 3 is 2.47 bits per heavy atom. The Hall–Kier alpha value is -4.35. The first kappa shape index (κ1) is 28.8. The summed E-state index contributed by atoms with van der Waals surface area (Å²) in [5.41, 5.74) is 4.02. The highest BCUT2D eigenvalue weighted by atomic mass is 32.2. The molecule has 1 saturated heterocycles. The lowest BCUT2D eigenvalue weighted by Crippen LogP contribution is -2.47. The summed E-state index contributed by atoms with van der Waals surface area (Å²) in [7, 11) is 1.65. The fraction of sp³-hybridized carbons (Fsp3) is 0.281. The molecule has 0 atom stereocenters. The van der Waals surface area contributed by atoms with Crippen molar-refractivity contribution in [3.05, 3.63) is 101 Å². The minimum absolute atomic E-state index is 0.146. The van der Waals surface area contributed by atoms with Crippen LogP contribution >= 0.6 is 11.8 Å². The molecule has 3 heterocycles. The number of nitrogens with zero attached hydrogens (tertiary/aromatic N) is 4. The molecule has 222 valence electrons. The molecule has 11 heteroatoms. The lowest BCUT2D eigenvalue weighted by atomic mass is 10.1. The summed E-state index contributed by atoms with van der Waals surface area (Å²) in [5, 5.41) is 3.61. The molecule has 4 aromatic rings. The third-order valence-corrected chi connectivity index (χ3v) is 8.23. The number of methoxy groups -OCH3 is 1. The van der Waals surface area contributed by atoms with E-state index in [1.54, 1.807) is 13.2 Å². The lowest BCUT2D eigenvalue weighted by molar-refractivity contribution is 0.0951. The number of hydrogen-bond donors (Lipinski definition) is 1. The van der Waals surface area contributed by atoms with Gasteiger partial charge in [-0.2, -0.15) is 0 Å². The van der Waals surface area contributed by atoms with Crippen LogP contribution in [0.4, 0.5) is 15.9 Å². The van der Waals surface area contributed by atoms with Gasteiger partial charge in [-0.1, -0.05) is 42.1 Å². The molecule has 1 aromatic heterocycles. The fourth-order valence-electron chi connectivity index (χ4n) is 5.03. The molecule has 0 saturated carbocycles. The zero-order chi connectivity index (χ0) is 29.6. The molecule has 43 heavy (non-hydrogen) atoms. The molecular formula is C32H32FN5O4S. The summed E-state index contributed by atoms with van der Waals surface area (Å²) in [5.74, 6) is 2.55. The van der Waals surface area contributed by atoms with Crippen LogP contribution < -0.4 is 24.6 Å². The largest absolute Gasteiger partial charge is 0.454 e. The van der Waals surface area contributed by atoms with Crippen LogP contribution in [0.25, 0.3) is 0 Å². The van der Waals surface area contributed by atoms with Crippen LogP contribution in [0.15, 0.2) is 78.0 Å². The number of anilines is 2. The maximum atomic E-state index is 14.3. The summed E-state index contributed by atoms with van der Waals surface area (Å²) >= 11 is 1.54. The van der Waals surface area contributed by atoms with Crippen molar-refractivity contribution in [2.24, 2.45) is 0 Å². The SMILES string of the molecule is COCc1cc(N2CCN(c3ccccc3F)CC2)nc(SCc2ccc(C(=O)NCc3ccc4c(c3)OCO4)cc2)n1. The highest BCUT2D eigenvalue weighted by Gasteiger charge is 2.21. The number of nitrogens with one attached hydrogen (secondary N) is 1. The number of carbonyl (C=O) groups excluding carboxylic acids is 1. The van der Waals surface area contributed by atoms with Gasteiger partial charge in [-0.25, -0.2) is 14.4 Å². The second-order valence-corrected chi connectivity index (χ2v) is 11.2. The highest BCUT2D eigenvalue weighted by Crippen LogP contribution is 2.32. The molecule has 2 aliphatic heterocycles. The van der Waals surface area contributed by atoms with Gasteiger partial charge in [-0.15, -0.1) is 0 Å². The number of hydrogen-bond acceptors (Lipinski definition) is 9. The molecule has 3 aromatic carbocycles. The molecule has 9 nitrogen and oxygen atoms in total. The summed E-state index contributed by atoms with van der Waals surface area (Å²) in [4.78, 5) is 26.5. The maximum absolute atomic E-state index is 14.3. The molecule has 0 unspecified atom stereocenters. The standard InChI is InChI=1S/C32H32FN5O4S/c1-40-19-25-17-30(38-14-12-37(13-15-38)27-5-3-2-4-26(27)33)36-32(35-25)43-20-22-6-9-24(10-7-22)31(39)34-18-23-8-11-28-29(16-23)42-21-41-28/h2-11,16-17H,12-15,18-21H2,1H3,(H,34,39). The van der Waals surface area contributed by atoms with E-state index < -0.39 is 0 Å². The van der Waals surface area contributed by atoms with E-state index in [4.69, 9.17) is 19.2 Å². The monoisotopic (exact) mass is 601 g/mol. The van der Waals surface area contributed by atoms with E-state index in [-0.39, 0.29) is 18.5 Å². The Kier molecular flexibility index (Phi) is 8.90. The molecule has 6 rings (SSSR count). The Morgan fingerprint density at radius 1 is 0.930 bits per heavy atom. The number of fused-ring (bicyclic) bond motifs is 1. The van der Waals surface area contributed by atoms with Crippen molar-refractivity contribution < 1.29 is 23.4 Å². The Labute approximate surface area is 254 Å². The number of thioether (sulfide) groups is 1. The van der Waals surface area contributed by atoms with Crippen molar-refractivity contribution in [1.29, 1.82) is 0 Å². The van der Waals surface area contributed by atoms with Crippen molar-refractivity contribution in [3.8, 4) is 11.5 Å². The average molecular weight is 602 g/mol. The first-order valence-electron chi connectivity index (χ1n) is 14.1. The van der Waals surface area contributed by atoms with E-state index in [9.17, 15) is 9.18 Å². The summed E-state index contributed by atoms with van der Waals surface area (Å²) in [6.07, 6.45) is 0. The van der Waals surface area contributed by atoms with E-state index >= 15 is 0 Å². The van der Waals surface area contributed by atoms with Crippen LogP contribution in [0.1, 0.15) is 27.2 Å². The van der Waals surface area contributed by atoms with Crippen molar-refractivity contribution >= 4 is 29.2 Å². The van der Waals surface area contributed by atoms with E-state index in [1.165, 1.54) is 17.8 Å². The van der Waals surface area contributed by atoms with Gasteiger partial charge in [0.15, 0.2) is 16.7 Å². The number of amides is 1. The Bertz CT molecular complexity index is 1580. The normalized spacial score (nSPS) is 14.2. The summed E-state index contributed by atoms with van der Waals surface area (Å²) in [6, 6.07) is 22.0. The van der Waals surface area contributed by atoms with Crippen LogP contribution in [0.2, 0.25) is 0 Å². The molecule has 0 spiro atoms. The lowest BCUT2D eigenvalue weighted by Gasteiger charge is -2.37. The number of rotatable bonds is 10. The molecule has 2 aliphatic rings. The van der Waals surface area contributed by atoms with Crippen molar-refractivity contribution in [2.45, 2.75) is 24.1 Å². The number of halogens is 1. The van der Waals surface area contributed by atoms with Crippen molar-refractivity contribution in [1.82, 2.24) is 15.3 Å². The van der Waals surface area contributed by atoms with Crippen LogP contribution in [0, 0.1) is 5.82 Å². The number of aromatic nitrogens is 2. The van der Waals surface area contributed by atoms with Crippen LogP contribution in [-0.4, -0.2) is 56.0 Å². The van der Waals surface area contributed by atoms with Crippen LogP contribution in [-0.2, 0) is 23.6 Å². The highest BCUT2D eigenvalue weighted by molar-refractivity contribution is 7.98. The predicted octanol–water partition coefficient (Wildman–Crippen LogP) is 5.04. The Morgan fingerprint density at radius 2 is 1.67 bits per heavy atom. The van der Waals surface area contributed by atoms with Gasteiger partial charge in [0.1, 0.15) is 11.6 Å². The van der Waals surface area contributed by atoms with Gasteiger partial charge in [-0.3, -0.25) is 4.79 Å². The number of para-hydroxylation sites is 1. The average Bonchev–Trinajstić information content (AvgIpc) is 3.51. The zero-order valence-electron chi connectivity index (χ0n) is 23.8. The van der Waals surface area contributed by atoms with Gasteiger partial charge in [0.25, 0.3) is 5.91 Å². The number of ether oxygens (including phenoxy) is 3. The quantitative estimate of drug-likeness (QED) is 0.198. The van der Waals surface area contributed by atoms with Crippen LogP contribution in [0.3, 0.4) is 0 Å². The minimum Gasteiger partial charge on any atom is -0.454 e. The van der Waals surface area contributed by atoms with E-state index in [2.05, 4.69) is 20.1 Å². The molecule has 1 fully saturated rings. The minimum atomic E-state index is -0.200. The summed E-state index contributed by atoms with van der Waals surface area (Å²) < 4.78 is 30.4. The van der Waals surface area contributed by atoms with E-state index in [0.29, 0.717) is 54.2 Å². The molecule has 0 bridgehead atoms. The van der Waals surface area contributed by atoms with Gasteiger partial charge in [-0.05, 0) is 47.5 Å². The van der Waals surface area contributed by atoms with Crippen LogP contribution in [0.5, 0.6) is 11.5 Å². The fourth-order valence-corrected chi connectivity index (χ4v) is 5.86. The van der Waals surface area contributed by atoms with Gasteiger partial charge in [0.2, 0.25) is 6.79 Å². The van der Waals surface area contributed by atoms with Gasteiger partial charge < -0.3 is 29.3 Å².